The van der Waals surface area contributed by atoms with E-state index in [-0.39, 0.29) is 0 Å². The van der Waals surface area contributed by atoms with Crippen molar-refractivity contribution in [2.24, 2.45) is 0 Å². The van der Waals surface area contributed by atoms with E-state index in [9.17, 15) is 0 Å². The minimum Gasteiger partial charge on any atom is -0.253 e. The van der Waals surface area contributed by atoms with E-state index in [4.69, 9.17) is 11.6 Å². The van der Waals surface area contributed by atoms with Crippen LogP contribution >= 0.6 is 11.6 Å². The van der Waals surface area contributed by atoms with Gasteiger partial charge < -0.3 is 0 Å². The van der Waals surface area contributed by atoms with Crippen molar-refractivity contribution < 1.29 is 0 Å². The molecule has 1 aromatic heterocycles. The van der Waals surface area contributed by atoms with E-state index >= 15 is 0 Å². The van der Waals surface area contributed by atoms with Gasteiger partial charge in [-0.3, -0.25) is 4.98 Å². The Morgan fingerprint density at radius 2 is 2.00 bits per heavy atom. The molecule has 0 aliphatic rings. The second-order valence-electron chi connectivity index (χ2n) is 4.93. The highest BCUT2D eigenvalue weighted by molar-refractivity contribution is 6.35. The summed E-state index contributed by atoms with van der Waals surface area (Å²) in [5.74, 6) is 0.570. The largest absolute Gasteiger partial charge is 0.253 e. The van der Waals surface area contributed by atoms with Crippen LogP contribution in [-0.4, -0.2) is 4.98 Å². The molecule has 1 unspecified atom stereocenters. The topological polar surface area (TPSA) is 12.9 Å². The summed E-state index contributed by atoms with van der Waals surface area (Å²) in [7, 11) is 0. The average Bonchev–Trinajstić information content (AvgIpc) is 2.38. The van der Waals surface area contributed by atoms with Gasteiger partial charge in [0, 0.05) is 11.1 Å². The first kappa shape index (κ1) is 13.4. The Balaban J connectivity index is 2.51. The van der Waals surface area contributed by atoms with Gasteiger partial charge in [0.05, 0.1) is 10.5 Å². The quantitative estimate of drug-likeness (QED) is 0.723. The molecule has 0 N–H and O–H groups in total. The number of halogens is 1. The first-order chi connectivity index (χ1) is 8.65. The highest BCUT2D eigenvalue weighted by Gasteiger charge is 2.08. The van der Waals surface area contributed by atoms with Gasteiger partial charge in [0.15, 0.2) is 0 Å². The Hall–Kier alpha value is -1.08. The van der Waals surface area contributed by atoms with Crippen molar-refractivity contribution in [2.45, 2.75) is 46.0 Å². The van der Waals surface area contributed by atoms with Gasteiger partial charge in [-0.25, -0.2) is 0 Å². The lowest BCUT2D eigenvalue weighted by molar-refractivity contribution is 0.734. The molecule has 2 heteroatoms. The number of nitrogens with zero attached hydrogens (tertiary/aromatic N) is 1. The van der Waals surface area contributed by atoms with Gasteiger partial charge >= 0.3 is 0 Å². The minimum absolute atomic E-state index is 0.570. The van der Waals surface area contributed by atoms with Gasteiger partial charge in [0.1, 0.15) is 0 Å². The maximum atomic E-state index is 6.38. The predicted molar refractivity (Wildman–Crippen MR) is 79.5 cm³/mol. The molecule has 1 aromatic carbocycles. The van der Waals surface area contributed by atoms with E-state index in [1.807, 2.05) is 6.07 Å². The van der Waals surface area contributed by atoms with E-state index in [2.05, 4.69) is 44.0 Å². The molecule has 96 valence electrons. The van der Waals surface area contributed by atoms with Gasteiger partial charge in [-0.15, -0.1) is 0 Å². The monoisotopic (exact) mass is 261 g/mol. The second-order valence-corrected chi connectivity index (χ2v) is 5.34. The summed E-state index contributed by atoms with van der Waals surface area (Å²) in [6.45, 7) is 6.61. The van der Waals surface area contributed by atoms with Gasteiger partial charge in [-0.1, -0.05) is 44.9 Å². The van der Waals surface area contributed by atoms with Crippen molar-refractivity contribution in [3.8, 4) is 0 Å². The number of pyridine rings is 1. The van der Waals surface area contributed by atoms with Crippen LogP contribution in [0.5, 0.6) is 0 Å². The van der Waals surface area contributed by atoms with Crippen LogP contribution < -0.4 is 0 Å². The maximum absolute atomic E-state index is 6.38. The third-order valence-electron chi connectivity index (χ3n) is 3.52. The molecular formula is C16H20ClN. The van der Waals surface area contributed by atoms with Crippen LogP contribution in [0, 0.1) is 0 Å². The van der Waals surface area contributed by atoms with Crippen molar-refractivity contribution in [1.29, 1.82) is 0 Å². The van der Waals surface area contributed by atoms with Crippen LogP contribution in [0.2, 0.25) is 5.02 Å². The third-order valence-corrected chi connectivity index (χ3v) is 3.84. The number of aromatic nitrogens is 1. The maximum Gasteiger partial charge on any atom is 0.0720 e. The highest BCUT2D eigenvalue weighted by Crippen LogP contribution is 2.28. The highest BCUT2D eigenvalue weighted by atomic mass is 35.5. The molecule has 1 atom stereocenters. The Morgan fingerprint density at radius 3 is 2.67 bits per heavy atom. The summed E-state index contributed by atoms with van der Waals surface area (Å²) in [6.07, 6.45) is 3.23. The van der Waals surface area contributed by atoms with Gasteiger partial charge in [-0.2, -0.15) is 0 Å². The molecular weight excluding hydrogens is 242 g/mol. The smallest absolute Gasteiger partial charge is 0.0720 e. The van der Waals surface area contributed by atoms with E-state index in [0.717, 1.165) is 40.9 Å². The van der Waals surface area contributed by atoms with Crippen LogP contribution in [0.25, 0.3) is 10.9 Å². The summed E-state index contributed by atoms with van der Waals surface area (Å²) in [4.78, 5) is 4.67. The molecule has 0 radical (unpaired) electrons. The van der Waals surface area contributed by atoms with E-state index < -0.39 is 0 Å². The summed E-state index contributed by atoms with van der Waals surface area (Å²) in [5, 5.41) is 1.91. The van der Waals surface area contributed by atoms with Crippen molar-refractivity contribution in [1.82, 2.24) is 4.98 Å². The zero-order valence-electron chi connectivity index (χ0n) is 11.3. The molecule has 0 fully saturated rings. The number of hydrogen-bond acceptors (Lipinski definition) is 1. The Kier molecular flexibility index (Phi) is 4.23. The van der Waals surface area contributed by atoms with E-state index in [1.165, 1.54) is 5.56 Å². The lowest BCUT2D eigenvalue weighted by Crippen LogP contribution is -1.94. The SMILES string of the molecule is CCCc1cc(Cl)c2cc(C(C)CC)ccc2n1. The lowest BCUT2D eigenvalue weighted by Gasteiger charge is -2.11. The molecule has 1 heterocycles. The number of benzene rings is 1. The predicted octanol–water partition coefficient (Wildman–Crippen LogP) is 5.35. The summed E-state index contributed by atoms with van der Waals surface area (Å²) < 4.78 is 0. The van der Waals surface area contributed by atoms with Crippen molar-refractivity contribution in [3.05, 3.63) is 40.5 Å². The Bertz CT molecular complexity index is 548. The number of hydrogen-bond donors (Lipinski definition) is 0. The van der Waals surface area contributed by atoms with Gasteiger partial charge in [0.2, 0.25) is 0 Å². The van der Waals surface area contributed by atoms with Gasteiger partial charge in [-0.05, 0) is 42.5 Å². The van der Waals surface area contributed by atoms with Crippen LogP contribution in [0.1, 0.15) is 50.8 Å². The summed E-state index contributed by atoms with van der Waals surface area (Å²) in [6, 6.07) is 8.47. The Morgan fingerprint density at radius 1 is 1.22 bits per heavy atom. The van der Waals surface area contributed by atoms with Crippen LogP contribution in [-0.2, 0) is 6.42 Å². The average molecular weight is 262 g/mol. The van der Waals surface area contributed by atoms with Crippen molar-refractivity contribution in [3.63, 3.8) is 0 Å². The number of fused-ring (bicyclic) bond motifs is 1. The Labute approximate surface area is 114 Å². The molecule has 0 aliphatic carbocycles. The molecule has 18 heavy (non-hydrogen) atoms. The first-order valence-corrected chi connectivity index (χ1v) is 7.12. The van der Waals surface area contributed by atoms with E-state index in [0.29, 0.717) is 5.92 Å². The third kappa shape index (κ3) is 2.67. The van der Waals surface area contributed by atoms with Crippen LogP contribution in [0.4, 0.5) is 0 Å². The van der Waals surface area contributed by atoms with Crippen molar-refractivity contribution >= 4 is 22.5 Å². The fourth-order valence-electron chi connectivity index (χ4n) is 2.18. The van der Waals surface area contributed by atoms with Crippen LogP contribution in [0.3, 0.4) is 0 Å². The normalized spacial score (nSPS) is 12.9. The van der Waals surface area contributed by atoms with E-state index in [1.54, 1.807) is 0 Å². The number of rotatable bonds is 4. The zero-order valence-corrected chi connectivity index (χ0v) is 12.1. The molecule has 2 rings (SSSR count). The molecule has 0 saturated heterocycles. The fraction of sp³-hybridized carbons (Fsp3) is 0.438. The zero-order chi connectivity index (χ0) is 13.1. The molecule has 0 aliphatic heterocycles. The van der Waals surface area contributed by atoms with Crippen LogP contribution in [0.15, 0.2) is 24.3 Å². The molecule has 0 saturated carbocycles. The summed E-state index contributed by atoms with van der Waals surface area (Å²) in [5.41, 5.74) is 3.45. The second kappa shape index (κ2) is 5.71. The molecule has 2 aromatic rings. The standard InChI is InChI=1S/C16H20ClN/c1-4-6-13-10-15(17)14-9-12(11(3)5-2)7-8-16(14)18-13/h7-11H,4-6H2,1-3H3. The molecule has 1 nitrogen and oxygen atoms in total. The molecule has 0 amide bonds. The van der Waals surface area contributed by atoms with Crippen molar-refractivity contribution in [2.75, 3.05) is 0 Å². The lowest BCUT2D eigenvalue weighted by atomic mass is 9.97. The number of aryl methyl sites for hydroxylation is 1. The first-order valence-electron chi connectivity index (χ1n) is 6.74. The molecule has 0 spiro atoms. The minimum atomic E-state index is 0.570. The molecule has 0 bridgehead atoms. The summed E-state index contributed by atoms with van der Waals surface area (Å²) >= 11 is 6.38. The fourth-order valence-corrected chi connectivity index (χ4v) is 2.46. The van der Waals surface area contributed by atoms with Gasteiger partial charge in [0.25, 0.3) is 0 Å².